The first-order chi connectivity index (χ1) is 14.6. The van der Waals surface area contributed by atoms with Crippen LogP contribution in [-0.2, 0) is 8.85 Å². The van der Waals surface area contributed by atoms with Gasteiger partial charge in [-0.15, -0.1) is 0 Å². The fraction of sp³-hybridized carbons (Fsp3) is 0.926. The number of rotatable bonds is 5. The molecule has 3 saturated carbocycles. The molecule has 3 fully saturated rings. The summed E-state index contributed by atoms with van der Waals surface area (Å²) >= 11 is 0. The minimum absolute atomic E-state index is 0.0236. The van der Waals surface area contributed by atoms with Crippen LogP contribution in [-0.4, -0.2) is 40.1 Å². The van der Waals surface area contributed by atoms with Crippen molar-refractivity contribution in [2.75, 3.05) is 6.61 Å². The summed E-state index contributed by atoms with van der Waals surface area (Å²) in [5.74, 6) is 2.19. The molecule has 4 aliphatic rings. The van der Waals surface area contributed by atoms with Gasteiger partial charge in [-0.25, -0.2) is 0 Å². The summed E-state index contributed by atoms with van der Waals surface area (Å²) in [6.45, 7) is 22.3. The molecule has 184 valence electrons. The van der Waals surface area contributed by atoms with Crippen molar-refractivity contribution < 1.29 is 14.0 Å². The van der Waals surface area contributed by atoms with Crippen molar-refractivity contribution in [1.82, 2.24) is 0 Å². The SMILES string of the molecule is CC1=C2CC(O)CC[C@]2(CO[Si](C)(C)C)[C@@H]2CC[C@@]3(C)[C@@H](CCC3(C)O[Si](C)(C)C)[C@@H]2C1. The number of hydrogen-bond donors (Lipinski definition) is 1. The van der Waals surface area contributed by atoms with Gasteiger partial charge in [-0.1, -0.05) is 18.1 Å². The zero-order valence-corrected chi connectivity index (χ0v) is 24.4. The molecule has 7 atom stereocenters. The Morgan fingerprint density at radius 1 is 0.875 bits per heavy atom. The Morgan fingerprint density at radius 2 is 1.53 bits per heavy atom. The Hall–Kier alpha value is 0.0538. The Balaban J connectivity index is 1.71. The Kier molecular flexibility index (Phi) is 6.32. The lowest BCUT2D eigenvalue weighted by Gasteiger charge is -2.61. The van der Waals surface area contributed by atoms with Crippen molar-refractivity contribution >= 4 is 16.6 Å². The van der Waals surface area contributed by atoms with Gasteiger partial charge in [-0.2, -0.15) is 0 Å². The number of aliphatic hydroxyl groups is 1. The van der Waals surface area contributed by atoms with Crippen molar-refractivity contribution in [3.05, 3.63) is 11.1 Å². The van der Waals surface area contributed by atoms with E-state index >= 15 is 0 Å². The molecule has 0 amide bonds. The summed E-state index contributed by atoms with van der Waals surface area (Å²) in [7, 11) is -3.22. The molecule has 0 radical (unpaired) electrons. The molecule has 0 spiro atoms. The van der Waals surface area contributed by atoms with Crippen LogP contribution in [0.2, 0.25) is 39.3 Å². The van der Waals surface area contributed by atoms with Gasteiger partial charge < -0.3 is 14.0 Å². The van der Waals surface area contributed by atoms with Crippen LogP contribution in [0.5, 0.6) is 0 Å². The van der Waals surface area contributed by atoms with Crippen LogP contribution in [0.3, 0.4) is 0 Å². The summed E-state index contributed by atoms with van der Waals surface area (Å²) in [6.07, 6.45) is 9.10. The second-order valence-corrected chi connectivity index (χ2v) is 23.2. The predicted molar refractivity (Wildman–Crippen MR) is 139 cm³/mol. The van der Waals surface area contributed by atoms with Gasteiger partial charge in [0, 0.05) is 12.0 Å². The smallest absolute Gasteiger partial charge is 0.184 e. The van der Waals surface area contributed by atoms with Crippen molar-refractivity contribution in [3.63, 3.8) is 0 Å². The van der Waals surface area contributed by atoms with E-state index in [4.69, 9.17) is 8.85 Å². The summed E-state index contributed by atoms with van der Waals surface area (Å²) in [5.41, 5.74) is 3.62. The molecule has 0 aromatic carbocycles. The second-order valence-electron chi connectivity index (χ2n) is 14.2. The highest BCUT2D eigenvalue weighted by atomic mass is 28.4. The molecule has 0 aromatic heterocycles. The molecule has 0 aliphatic heterocycles. The highest BCUT2D eigenvalue weighted by Gasteiger charge is 2.64. The van der Waals surface area contributed by atoms with E-state index < -0.39 is 16.6 Å². The zero-order valence-electron chi connectivity index (χ0n) is 22.4. The average molecular weight is 479 g/mol. The second kappa shape index (κ2) is 8.04. The van der Waals surface area contributed by atoms with Crippen LogP contribution in [0.4, 0.5) is 0 Å². The summed E-state index contributed by atoms with van der Waals surface area (Å²) in [4.78, 5) is 0. The Labute approximate surface area is 200 Å². The molecule has 4 rings (SSSR count). The van der Waals surface area contributed by atoms with Gasteiger partial charge in [0.15, 0.2) is 16.6 Å². The maximum absolute atomic E-state index is 10.6. The zero-order chi connectivity index (χ0) is 23.7. The fourth-order valence-electron chi connectivity index (χ4n) is 8.54. The third-order valence-corrected chi connectivity index (χ3v) is 12.1. The maximum atomic E-state index is 10.6. The molecule has 0 bridgehead atoms. The number of hydrogen-bond acceptors (Lipinski definition) is 3. The number of fused-ring (bicyclic) bond motifs is 5. The molecular weight excluding hydrogens is 428 g/mol. The van der Waals surface area contributed by atoms with Gasteiger partial charge >= 0.3 is 0 Å². The molecule has 0 saturated heterocycles. The van der Waals surface area contributed by atoms with Gasteiger partial charge in [0.2, 0.25) is 0 Å². The van der Waals surface area contributed by atoms with Crippen LogP contribution in [0.25, 0.3) is 0 Å². The van der Waals surface area contributed by atoms with Crippen molar-refractivity contribution in [2.24, 2.45) is 28.6 Å². The summed E-state index contributed by atoms with van der Waals surface area (Å²) < 4.78 is 13.7. The van der Waals surface area contributed by atoms with Crippen molar-refractivity contribution in [1.29, 1.82) is 0 Å². The standard InChI is InChI=1S/C27H50O3Si2/c1-19-16-21-22-12-14-26(3,30-32(7,8)9)25(22,2)13-11-23(21)27(18-29-31(4,5)6)15-10-20(28)17-24(19)27/h20-23,28H,10-18H2,1-9H3/t20?,21-,22-,23+,25-,26?,27-/m0/s1. The van der Waals surface area contributed by atoms with Crippen LogP contribution >= 0.6 is 0 Å². The largest absolute Gasteiger partial charge is 0.417 e. The molecular formula is C27H50O3Si2. The highest BCUT2D eigenvalue weighted by molar-refractivity contribution is 6.70. The highest BCUT2D eigenvalue weighted by Crippen LogP contribution is 2.69. The van der Waals surface area contributed by atoms with Gasteiger partial charge in [0.1, 0.15) is 0 Å². The molecule has 0 aromatic rings. The molecule has 32 heavy (non-hydrogen) atoms. The first-order valence-electron chi connectivity index (χ1n) is 13.3. The quantitative estimate of drug-likeness (QED) is 0.337. The van der Waals surface area contributed by atoms with E-state index in [-0.39, 0.29) is 22.5 Å². The summed E-state index contributed by atoms with van der Waals surface area (Å²) in [6, 6.07) is 0. The van der Waals surface area contributed by atoms with Crippen LogP contribution < -0.4 is 0 Å². The first-order valence-corrected chi connectivity index (χ1v) is 20.1. The fourth-order valence-corrected chi connectivity index (χ4v) is 10.9. The topological polar surface area (TPSA) is 38.7 Å². The Bertz CT molecular complexity index is 766. The minimum atomic E-state index is -1.61. The van der Waals surface area contributed by atoms with Crippen LogP contribution in [0.1, 0.15) is 72.1 Å². The van der Waals surface area contributed by atoms with Gasteiger partial charge in [-0.05, 0) is 128 Å². The maximum Gasteiger partial charge on any atom is 0.184 e. The normalized spacial score (nSPS) is 44.8. The van der Waals surface area contributed by atoms with Gasteiger partial charge in [0.05, 0.1) is 11.7 Å². The van der Waals surface area contributed by atoms with Crippen molar-refractivity contribution in [2.45, 2.75) is 123 Å². The van der Waals surface area contributed by atoms with E-state index in [0.717, 1.165) is 37.7 Å². The van der Waals surface area contributed by atoms with Crippen LogP contribution in [0.15, 0.2) is 11.1 Å². The number of allylic oxidation sites excluding steroid dienone is 1. The Morgan fingerprint density at radius 3 is 2.16 bits per heavy atom. The predicted octanol–water partition coefficient (Wildman–Crippen LogP) is 7.14. The minimum Gasteiger partial charge on any atom is -0.417 e. The van der Waals surface area contributed by atoms with E-state index in [0.29, 0.717) is 5.92 Å². The van der Waals surface area contributed by atoms with Crippen molar-refractivity contribution in [3.8, 4) is 0 Å². The third kappa shape index (κ3) is 4.16. The molecule has 1 N–H and O–H groups in total. The lowest BCUT2D eigenvalue weighted by molar-refractivity contribution is -0.117. The van der Waals surface area contributed by atoms with E-state index in [1.165, 1.54) is 32.1 Å². The van der Waals surface area contributed by atoms with E-state index in [9.17, 15) is 5.11 Å². The van der Waals surface area contributed by atoms with Crippen LogP contribution in [0, 0.1) is 28.6 Å². The van der Waals surface area contributed by atoms with E-state index in [1.807, 2.05) is 0 Å². The monoisotopic (exact) mass is 478 g/mol. The summed E-state index contributed by atoms with van der Waals surface area (Å²) in [5, 5.41) is 10.6. The molecule has 2 unspecified atom stereocenters. The van der Waals surface area contributed by atoms with Gasteiger partial charge in [-0.3, -0.25) is 0 Å². The first kappa shape index (κ1) is 25.2. The molecule has 0 heterocycles. The van der Waals surface area contributed by atoms with Gasteiger partial charge in [0.25, 0.3) is 0 Å². The lowest BCUT2D eigenvalue weighted by Crippen LogP contribution is -2.58. The average Bonchev–Trinajstić information content (AvgIpc) is 2.90. The van der Waals surface area contributed by atoms with E-state index in [2.05, 4.69) is 60.1 Å². The molecule has 5 heteroatoms. The third-order valence-electron chi connectivity index (χ3n) is 9.99. The molecule has 4 aliphatic carbocycles. The lowest BCUT2D eigenvalue weighted by atomic mass is 9.45. The van der Waals surface area contributed by atoms with E-state index in [1.54, 1.807) is 11.1 Å². The molecule has 3 nitrogen and oxygen atoms in total. The number of aliphatic hydroxyl groups excluding tert-OH is 1.